The van der Waals surface area contributed by atoms with E-state index in [2.05, 4.69) is 22.4 Å². The molecule has 3 rings (SSSR count). The Morgan fingerprint density at radius 2 is 2.00 bits per heavy atom. The molecule has 1 aromatic rings. The monoisotopic (exact) mass is 249 g/mol. The molecule has 4 nitrogen and oxygen atoms in total. The van der Waals surface area contributed by atoms with Crippen molar-refractivity contribution in [1.82, 2.24) is 15.5 Å². The van der Waals surface area contributed by atoms with Crippen molar-refractivity contribution in [2.24, 2.45) is 5.92 Å². The molecular weight excluding hydrogens is 226 g/mol. The van der Waals surface area contributed by atoms with Crippen molar-refractivity contribution in [3.8, 4) is 0 Å². The minimum atomic E-state index is 0.276. The van der Waals surface area contributed by atoms with E-state index in [9.17, 15) is 0 Å². The summed E-state index contributed by atoms with van der Waals surface area (Å²) in [6.07, 6.45) is 8.82. The van der Waals surface area contributed by atoms with Crippen molar-refractivity contribution in [1.29, 1.82) is 0 Å². The first-order valence-corrected chi connectivity index (χ1v) is 7.40. The van der Waals surface area contributed by atoms with E-state index < -0.39 is 0 Å². The van der Waals surface area contributed by atoms with E-state index in [0.29, 0.717) is 5.92 Å². The molecule has 0 aromatic carbocycles. The maximum absolute atomic E-state index is 5.48. The van der Waals surface area contributed by atoms with E-state index in [0.717, 1.165) is 30.6 Å². The fourth-order valence-electron chi connectivity index (χ4n) is 3.21. The zero-order valence-electron chi connectivity index (χ0n) is 11.2. The molecule has 2 heterocycles. The molecule has 1 aliphatic carbocycles. The molecule has 1 saturated heterocycles. The standard InChI is InChI=1S/C14H23N3O/c1-10-7-8-15-12(9-10)14-16-13(17-18-14)11-5-3-2-4-6-11/h10-12,15H,2-9H2,1H3. The Labute approximate surface area is 109 Å². The third-order valence-electron chi connectivity index (χ3n) is 4.39. The second-order valence-corrected chi connectivity index (χ2v) is 5.96. The van der Waals surface area contributed by atoms with Crippen molar-refractivity contribution in [3.63, 3.8) is 0 Å². The molecule has 0 bridgehead atoms. The number of hydrogen-bond donors (Lipinski definition) is 1. The summed E-state index contributed by atoms with van der Waals surface area (Å²) in [4.78, 5) is 4.65. The Bertz CT molecular complexity index is 384. The number of aromatic nitrogens is 2. The van der Waals surface area contributed by atoms with Gasteiger partial charge in [-0.05, 0) is 38.1 Å². The normalized spacial score (nSPS) is 30.5. The van der Waals surface area contributed by atoms with Crippen LogP contribution in [-0.4, -0.2) is 16.7 Å². The lowest BCUT2D eigenvalue weighted by atomic mass is 9.89. The summed E-state index contributed by atoms with van der Waals surface area (Å²) in [5, 5.41) is 7.70. The molecular formula is C14H23N3O. The minimum Gasteiger partial charge on any atom is -0.338 e. The van der Waals surface area contributed by atoms with Gasteiger partial charge < -0.3 is 9.84 Å². The molecule has 0 spiro atoms. The summed E-state index contributed by atoms with van der Waals surface area (Å²) in [5.41, 5.74) is 0. The number of nitrogens with one attached hydrogen (secondary N) is 1. The summed E-state index contributed by atoms with van der Waals surface area (Å²) < 4.78 is 5.48. The predicted molar refractivity (Wildman–Crippen MR) is 69.3 cm³/mol. The fraction of sp³-hybridized carbons (Fsp3) is 0.857. The quantitative estimate of drug-likeness (QED) is 0.874. The fourth-order valence-corrected chi connectivity index (χ4v) is 3.21. The van der Waals surface area contributed by atoms with Gasteiger partial charge in [-0.25, -0.2) is 0 Å². The molecule has 0 amide bonds. The van der Waals surface area contributed by atoms with Crippen molar-refractivity contribution in [2.75, 3.05) is 6.54 Å². The van der Waals surface area contributed by atoms with Gasteiger partial charge in [0.2, 0.25) is 5.89 Å². The predicted octanol–water partition coefficient (Wildman–Crippen LogP) is 3.18. The van der Waals surface area contributed by atoms with Gasteiger partial charge in [0.15, 0.2) is 5.82 Å². The molecule has 2 atom stereocenters. The van der Waals surface area contributed by atoms with Crippen molar-refractivity contribution in [2.45, 2.75) is 63.8 Å². The molecule has 18 heavy (non-hydrogen) atoms. The van der Waals surface area contributed by atoms with E-state index >= 15 is 0 Å². The number of nitrogens with zero attached hydrogens (tertiary/aromatic N) is 2. The molecule has 0 radical (unpaired) electrons. The number of rotatable bonds is 2. The summed E-state index contributed by atoms with van der Waals surface area (Å²) in [6.45, 7) is 3.36. The van der Waals surface area contributed by atoms with E-state index in [4.69, 9.17) is 4.52 Å². The van der Waals surface area contributed by atoms with Gasteiger partial charge in [0.25, 0.3) is 0 Å². The Morgan fingerprint density at radius 3 is 2.78 bits per heavy atom. The van der Waals surface area contributed by atoms with Crippen LogP contribution in [0, 0.1) is 5.92 Å². The lowest BCUT2D eigenvalue weighted by molar-refractivity contribution is 0.258. The van der Waals surface area contributed by atoms with Gasteiger partial charge in [-0.15, -0.1) is 0 Å². The Kier molecular flexibility index (Phi) is 3.64. The zero-order valence-corrected chi connectivity index (χ0v) is 11.2. The van der Waals surface area contributed by atoms with Crippen LogP contribution in [0.2, 0.25) is 0 Å². The largest absolute Gasteiger partial charge is 0.338 e. The third kappa shape index (κ3) is 2.58. The Morgan fingerprint density at radius 1 is 1.17 bits per heavy atom. The smallest absolute Gasteiger partial charge is 0.243 e. The van der Waals surface area contributed by atoms with E-state index in [1.807, 2.05) is 0 Å². The van der Waals surface area contributed by atoms with Gasteiger partial charge >= 0.3 is 0 Å². The zero-order chi connectivity index (χ0) is 12.4. The summed E-state index contributed by atoms with van der Waals surface area (Å²) in [5.74, 6) is 3.05. The maximum atomic E-state index is 5.48. The van der Waals surface area contributed by atoms with Crippen LogP contribution in [0.4, 0.5) is 0 Å². The highest BCUT2D eigenvalue weighted by Crippen LogP contribution is 2.32. The average Bonchev–Trinajstić information content (AvgIpc) is 2.89. The molecule has 1 N–H and O–H groups in total. The molecule has 100 valence electrons. The first-order valence-electron chi connectivity index (χ1n) is 7.40. The molecule has 2 fully saturated rings. The van der Waals surface area contributed by atoms with Gasteiger partial charge in [0, 0.05) is 5.92 Å². The lowest BCUT2D eigenvalue weighted by Crippen LogP contribution is -2.31. The van der Waals surface area contributed by atoms with Crippen molar-refractivity contribution in [3.05, 3.63) is 11.7 Å². The SMILES string of the molecule is CC1CCNC(c2nc(C3CCCCC3)no2)C1. The molecule has 1 aromatic heterocycles. The highest BCUT2D eigenvalue weighted by atomic mass is 16.5. The van der Waals surface area contributed by atoms with E-state index in [1.54, 1.807) is 0 Å². The van der Waals surface area contributed by atoms with E-state index in [1.165, 1.54) is 38.5 Å². The topological polar surface area (TPSA) is 51.0 Å². The lowest BCUT2D eigenvalue weighted by Gasteiger charge is -2.25. The van der Waals surface area contributed by atoms with Gasteiger partial charge in [0.1, 0.15) is 0 Å². The molecule has 2 aliphatic rings. The Balaban J connectivity index is 1.68. The summed E-state index contributed by atoms with van der Waals surface area (Å²) >= 11 is 0. The maximum Gasteiger partial charge on any atom is 0.243 e. The molecule has 1 aliphatic heterocycles. The third-order valence-corrected chi connectivity index (χ3v) is 4.39. The molecule has 4 heteroatoms. The summed E-state index contributed by atoms with van der Waals surface area (Å²) in [7, 11) is 0. The van der Waals surface area contributed by atoms with Crippen LogP contribution in [0.1, 0.15) is 75.5 Å². The van der Waals surface area contributed by atoms with Crippen LogP contribution in [0.3, 0.4) is 0 Å². The van der Waals surface area contributed by atoms with Gasteiger partial charge in [-0.2, -0.15) is 4.98 Å². The molecule has 2 unspecified atom stereocenters. The molecule has 1 saturated carbocycles. The van der Waals surface area contributed by atoms with Crippen LogP contribution in [-0.2, 0) is 0 Å². The number of piperidine rings is 1. The van der Waals surface area contributed by atoms with Crippen LogP contribution < -0.4 is 5.32 Å². The first kappa shape index (κ1) is 12.2. The van der Waals surface area contributed by atoms with E-state index in [-0.39, 0.29) is 6.04 Å². The van der Waals surface area contributed by atoms with Crippen LogP contribution in [0.25, 0.3) is 0 Å². The first-order chi connectivity index (χ1) is 8.83. The van der Waals surface area contributed by atoms with Crippen LogP contribution in [0.5, 0.6) is 0 Å². The highest BCUT2D eigenvalue weighted by molar-refractivity contribution is 5.00. The van der Waals surface area contributed by atoms with Crippen molar-refractivity contribution < 1.29 is 4.52 Å². The second-order valence-electron chi connectivity index (χ2n) is 5.96. The minimum absolute atomic E-state index is 0.276. The van der Waals surface area contributed by atoms with Crippen LogP contribution >= 0.6 is 0 Å². The Hall–Kier alpha value is -0.900. The van der Waals surface area contributed by atoms with Gasteiger partial charge in [-0.1, -0.05) is 31.3 Å². The summed E-state index contributed by atoms with van der Waals surface area (Å²) in [6, 6.07) is 0.276. The van der Waals surface area contributed by atoms with Crippen molar-refractivity contribution >= 4 is 0 Å². The second kappa shape index (κ2) is 5.39. The highest BCUT2D eigenvalue weighted by Gasteiger charge is 2.27. The number of hydrogen-bond acceptors (Lipinski definition) is 4. The van der Waals surface area contributed by atoms with Gasteiger partial charge in [0.05, 0.1) is 6.04 Å². The van der Waals surface area contributed by atoms with Gasteiger partial charge in [-0.3, -0.25) is 0 Å². The average molecular weight is 249 g/mol. The van der Waals surface area contributed by atoms with Crippen LogP contribution in [0.15, 0.2) is 4.52 Å².